The number of ether oxygens (including phenoxy) is 1. The first-order chi connectivity index (χ1) is 14.1. The molecule has 3 atom stereocenters. The van der Waals surface area contributed by atoms with Crippen molar-refractivity contribution in [1.82, 2.24) is 9.91 Å². The van der Waals surface area contributed by atoms with Gasteiger partial charge in [0.05, 0.1) is 19.7 Å². The molecular weight excluding hydrogens is 416 g/mol. The van der Waals surface area contributed by atoms with Gasteiger partial charge in [-0.1, -0.05) is 0 Å². The molecule has 0 aliphatic carbocycles. The van der Waals surface area contributed by atoms with E-state index in [2.05, 4.69) is 16.8 Å². The highest BCUT2D eigenvalue weighted by Gasteiger charge is 2.37. The number of nitrogens with two attached hydrogens (primary N) is 1. The Bertz CT molecular complexity index is 817. The maximum atomic E-state index is 14.1. The summed E-state index contributed by atoms with van der Waals surface area (Å²) in [5.41, 5.74) is 5.94. The van der Waals surface area contributed by atoms with Gasteiger partial charge in [0.2, 0.25) is 0 Å². The second kappa shape index (κ2) is 8.90. The smallest absolute Gasteiger partial charge is 0.370 e. The molecular formula is C18H21F6N5O. The van der Waals surface area contributed by atoms with E-state index in [0.29, 0.717) is 19.0 Å². The Morgan fingerprint density at radius 1 is 1.13 bits per heavy atom. The number of hydrogen-bond acceptors (Lipinski definition) is 5. The molecule has 0 spiro atoms. The van der Waals surface area contributed by atoms with Crippen molar-refractivity contribution in [2.24, 2.45) is 15.8 Å². The fourth-order valence-corrected chi connectivity index (χ4v) is 3.65. The van der Waals surface area contributed by atoms with E-state index in [0.717, 1.165) is 6.07 Å². The number of amidine groups is 1. The number of benzene rings is 1. The largest absolute Gasteiger partial charge is 0.408 e. The van der Waals surface area contributed by atoms with Crippen molar-refractivity contribution in [2.45, 2.75) is 30.8 Å². The van der Waals surface area contributed by atoms with Crippen LogP contribution in [-0.2, 0) is 4.74 Å². The van der Waals surface area contributed by atoms with E-state index < -0.39 is 42.3 Å². The zero-order valence-corrected chi connectivity index (χ0v) is 15.9. The second-order valence-corrected chi connectivity index (χ2v) is 7.18. The maximum Gasteiger partial charge on any atom is 0.408 e. The molecule has 2 aliphatic rings. The first-order valence-corrected chi connectivity index (χ1v) is 9.19. The second-order valence-electron chi connectivity index (χ2n) is 7.18. The Hall–Kier alpha value is -2.18. The van der Waals surface area contributed by atoms with Crippen molar-refractivity contribution in [3.8, 4) is 0 Å². The van der Waals surface area contributed by atoms with Gasteiger partial charge in [-0.05, 0) is 12.5 Å². The van der Waals surface area contributed by atoms with Crippen molar-refractivity contribution >= 4 is 12.6 Å². The van der Waals surface area contributed by atoms with Gasteiger partial charge < -0.3 is 10.5 Å². The predicted molar refractivity (Wildman–Crippen MR) is 97.6 cm³/mol. The molecule has 1 aromatic carbocycles. The van der Waals surface area contributed by atoms with Gasteiger partial charge in [0, 0.05) is 37.0 Å². The summed E-state index contributed by atoms with van der Waals surface area (Å²) >= 11 is 0. The quantitative estimate of drug-likeness (QED) is 0.447. The van der Waals surface area contributed by atoms with Gasteiger partial charge >= 0.3 is 6.18 Å². The molecule has 3 rings (SSSR count). The minimum absolute atomic E-state index is 0.0834. The van der Waals surface area contributed by atoms with Crippen LogP contribution in [0.25, 0.3) is 0 Å². The molecule has 2 aliphatic heterocycles. The van der Waals surface area contributed by atoms with E-state index in [1.54, 1.807) is 0 Å². The highest BCUT2D eigenvalue weighted by Crippen LogP contribution is 2.32. The summed E-state index contributed by atoms with van der Waals surface area (Å²) in [4.78, 5) is 5.46. The summed E-state index contributed by atoms with van der Waals surface area (Å²) in [5.74, 6) is -3.35. The lowest BCUT2D eigenvalue weighted by Crippen LogP contribution is -2.56. The first kappa shape index (κ1) is 22.5. The normalized spacial score (nSPS) is 27.5. The SMILES string of the molecule is C=NN1CCN(C2COC(c3cc(F)c(F)cc3F)[C@@H](N)C2)CC1=NCC(F)(F)F. The van der Waals surface area contributed by atoms with Crippen LogP contribution in [0.2, 0.25) is 0 Å². The molecule has 0 aromatic heterocycles. The van der Waals surface area contributed by atoms with E-state index in [1.807, 2.05) is 4.90 Å². The van der Waals surface area contributed by atoms with Crippen LogP contribution >= 0.6 is 0 Å². The molecule has 166 valence electrons. The first-order valence-electron chi connectivity index (χ1n) is 9.19. The minimum Gasteiger partial charge on any atom is -0.370 e. The van der Waals surface area contributed by atoms with E-state index in [4.69, 9.17) is 10.5 Å². The molecule has 2 saturated heterocycles. The summed E-state index contributed by atoms with van der Waals surface area (Å²) in [6.07, 6.45) is -5.09. The average Bonchev–Trinajstić information content (AvgIpc) is 2.68. The number of hydrogen-bond donors (Lipinski definition) is 1. The molecule has 1 aromatic rings. The van der Waals surface area contributed by atoms with Crippen LogP contribution < -0.4 is 5.73 Å². The molecule has 2 fully saturated rings. The van der Waals surface area contributed by atoms with E-state index >= 15 is 0 Å². The number of halogens is 6. The van der Waals surface area contributed by atoms with Crippen molar-refractivity contribution in [3.05, 3.63) is 35.1 Å². The molecule has 6 nitrogen and oxygen atoms in total. The monoisotopic (exact) mass is 437 g/mol. The lowest BCUT2D eigenvalue weighted by atomic mass is 9.93. The number of piperazine rings is 1. The molecule has 0 saturated carbocycles. The Kier molecular flexibility index (Phi) is 6.68. The van der Waals surface area contributed by atoms with E-state index in [1.165, 1.54) is 5.01 Å². The lowest BCUT2D eigenvalue weighted by Gasteiger charge is -2.43. The molecule has 12 heteroatoms. The van der Waals surface area contributed by atoms with Gasteiger partial charge in [0.15, 0.2) is 11.6 Å². The third kappa shape index (κ3) is 5.10. The summed E-state index contributed by atoms with van der Waals surface area (Å²) in [6.45, 7) is 2.93. The van der Waals surface area contributed by atoms with Crippen LogP contribution in [0.4, 0.5) is 26.3 Å². The predicted octanol–water partition coefficient (Wildman–Crippen LogP) is 2.46. The number of hydrazone groups is 1. The van der Waals surface area contributed by atoms with Crippen molar-refractivity contribution in [2.75, 3.05) is 32.8 Å². The fourth-order valence-electron chi connectivity index (χ4n) is 3.65. The third-order valence-electron chi connectivity index (χ3n) is 5.12. The average molecular weight is 437 g/mol. The van der Waals surface area contributed by atoms with Gasteiger partial charge in [-0.3, -0.25) is 9.89 Å². The van der Waals surface area contributed by atoms with Crippen LogP contribution in [0.5, 0.6) is 0 Å². The molecule has 0 bridgehead atoms. The molecule has 0 radical (unpaired) electrons. The number of alkyl halides is 3. The standard InChI is InChI=1S/C18H21F6N5O/c1-26-29-3-2-28(7-16(29)27-9-18(22,23)24)10-4-15(25)17(30-8-10)11-5-13(20)14(21)6-12(11)19/h5-6,10,15,17H,1-4,7-9,25H2/t10?,15-,17?/m0/s1. The molecule has 0 amide bonds. The summed E-state index contributed by atoms with van der Waals surface area (Å²) in [6, 6.07) is 0.172. The zero-order valence-electron chi connectivity index (χ0n) is 15.9. The van der Waals surface area contributed by atoms with E-state index in [-0.39, 0.29) is 37.1 Å². The van der Waals surface area contributed by atoms with Crippen molar-refractivity contribution < 1.29 is 31.1 Å². The van der Waals surface area contributed by atoms with Crippen LogP contribution in [-0.4, -0.2) is 73.5 Å². The Balaban J connectivity index is 1.69. The summed E-state index contributed by atoms with van der Waals surface area (Å²) in [5, 5.41) is 5.01. The zero-order chi connectivity index (χ0) is 22.1. The van der Waals surface area contributed by atoms with E-state index in [9.17, 15) is 26.3 Å². The highest BCUT2D eigenvalue weighted by atomic mass is 19.4. The Labute approximate surface area is 169 Å². The van der Waals surface area contributed by atoms with Crippen LogP contribution in [0.3, 0.4) is 0 Å². The lowest BCUT2D eigenvalue weighted by molar-refractivity contribution is -0.118. The highest BCUT2D eigenvalue weighted by molar-refractivity contribution is 5.85. The van der Waals surface area contributed by atoms with Crippen molar-refractivity contribution in [3.63, 3.8) is 0 Å². The summed E-state index contributed by atoms with van der Waals surface area (Å²) in [7, 11) is 0. The van der Waals surface area contributed by atoms with Gasteiger partial charge in [-0.2, -0.15) is 18.3 Å². The van der Waals surface area contributed by atoms with Crippen LogP contribution in [0.1, 0.15) is 18.1 Å². The number of rotatable bonds is 4. The van der Waals surface area contributed by atoms with Gasteiger partial charge in [-0.25, -0.2) is 18.2 Å². The van der Waals surface area contributed by atoms with Gasteiger partial charge in [-0.15, -0.1) is 0 Å². The van der Waals surface area contributed by atoms with Gasteiger partial charge in [0.25, 0.3) is 0 Å². The fraction of sp³-hybridized carbons (Fsp3) is 0.556. The van der Waals surface area contributed by atoms with Gasteiger partial charge in [0.1, 0.15) is 24.3 Å². The molecule has 2 unspecified atom stereocenters. The molecule has 2 heterocycles. The number of aliphatic imine (C=N–C) groups is 1. The van der Waals surface area contributed by atoms with Crippen LogP contribution in [0, 0.1) is 17.5 Å². The van der Waals surface area contributed by atoms with Crippen LogP contribution in [0.15, 0.2) is 22.2 Å². The topological polar surface area (TPSA) is 66.5 Å². The third-order valence-corrected chi connectivity index (χ3v) is 5.12. The Morgan fingerprint density at radius 3 is 2.47 bits per heavy atom. The minimum atomic E-state index is -4.44. The maximum absolute atomic E-state index is 14.1. The molecule has 30 heavy (non-hydrogen) atoms. The Morgan fingerprint density at radius 2 is 1.83 bits per heavy atom. The molecule has 2 N–H and O–H groups in total. The number of nitrogens with zero attached hydrogens (tertiary/aromatic N) is 4. The van der Waals surface area contributed by atoms with Crippen molar-refractivity contribution in [1.29, 1.82) is 0 Å². The summed E-state index contributed by atoms with van der Waals surface area (Å²) < 4.78 is 84.0.